The monoisotopic (exact) mass is 677 g/mol. The Hall–Kier alpha value is -3.33. The molecular formula is C32H25Cl2O4PRh. The van der Waals surface area contributed by atoms with Gasteiger partial charge in [-0.2, -0.15) is 0 Å². The minimum absolute atomic E-state index is 0. The largest absolute Gasteiger partial charge is 0.478 e. The summed E-state index contributed by atoms with van der Waals surface area (Å²) in [5.74, 6) is -1.87. The number of carboxylic acid groups (broad SMARTS) is 2. The molecule has 0 aliphatic carbocycles. The normalized spacial score (nSPS) is 9.68. The third-order valence-corrected chi connectivity index (χ3v) is 8.17. The number of hydrogen-bond donors (Lipinski definition) is 2. The Kier molecular flexibility index (Phi) is 14.3. The molecule has 0 aliphatic heterocycles. The molecule has 0 saturated heterocycles. The van der Waals surface area contributed by atoms with E-state index in [0.717, 1.165) is 0 Å². The van der Waals surface area contributed by atoms with E-state index >= 15 is 0 Å². The first-order valence-electron chi connectivity index (χ1n) is 11.8. The molecular weight excluding hydrogens is 653 g/mol. The van der Waals surface area contributed by atoms with E-state index in [1.165, 1.54) is 40.2 Å². The van der Waals surface area contributed by atoms with Crippen LogP contribution in [-0.4, -0.2) is 22.2 Å². The number of halogens is 2. The predicted molar refractivity (Wildman–Crippen MR) is 162 cm³/mol. The summed E-state index contributed by atoms with van der Waals surface area (Å²) in [5, 5.41) is 22.2. The molecule has 0 fully saturated rings. The van der Waals surface area contributed by atoms with Crippen LogP contribution < -0.4 is 15.9 Å². The van der Waals surface area contributed by atoms with Crippen LogP contribution in [0.25, 0.3) is 0 Å². The van der Waals surface area contributed by atoms with E-state index < -0.39 is 19.9 Å². The molecule has 0 unspecified atom stereocenters. The first-order chi connectivity index (χ1) is 18.8. The van der Waals surface area contributed by atoms with Crippen molar-refractivity contribution in [2.24, 2.45) is 0 Å². The van der Waals surface area contributed by atoms with E-state index in [4.69, 9.17) is 33.4 Å². The standard InChI is InChI=1S/C18H15P.2C7H5ClO2.Rh/c1-4-10-16(11-5-1)19(17-12-6-2-7-13-17)18-14-8-3-9-15-18;2*8-6-3-1-5(2-4-6)7(9)10;/h1-15H;2*1-4H,(H,9,10);. The summed E-state index contributed by atoms with van der Waals surface area (Å²) in [6.07, 6.45) is 0. The first-order valence-corrected chi connectivity index (χ1v) is 13.9. The van der Waals surface area contributed by atoms with Gasteiger partial charge in [0, 0.05) is 29.5 Å². The smallest absolute Gasteiger partial charge is 0.335 e. The van der Waals surface area contributed by atoms with Crippen molar-refractivity contribution < 1.29 is 39.3 Å². The van der Waals surface area contributed by atoms with Crippen LogP contribution in [0.3, 0.4) is 0 Å². The molecule has 1 radical (unpaired) electrons. The molecule has 205 valence electrons. The molecule has 0 heterocycles. The quantitative estimate of drug-likeness (QED) is 0.149. The van der Waals surface area contributed by atoms with Crippen LogP contribution in [0.5, 0.6) is 0 Å². The van der Waals surface area contributed by atoms with Gasteiger partial charge in [-0.1, -0.05) is 114 Å². The summed E-state index contributed by atoms with van der Waals surface area (Å²) in [4.78, 5) is 20.5. The number of carboxylic acids is 2. The van der Waals surface area contributed by atoms with Crippen molar-refractivity contribution in [1.82, 2.24) is 0 Å². The average Bonchev–Trinajstić information content (AvgIpc) is 2.96. The van der Waals surface area contributed by atoms with Gasteiger partial charge in [0.15, 0.2) is 0 Å². The molecule has 5 rings (SSSR count). The van der Waals surface area contributed by atoms with Gasteiger partial charge in [0.1, 0.15) is 0 Å². The Bertz CT molecular complexity index is 1300. The topological polar surface area (TPSA) is 74.6 Å². The molecule has 0 aliphatic rings. The fourth-order valence-electron chi connectivity index (χ4n) is 3.36. The molecule has 0 saturated carbocycles. The van der Waals surface area contributed by atoms with Crippen LogP contribution >= 0.6 is 31.1 Å². The Balaban J connectivity index is 0.000000228. The number of carbonyl (C=O) groups is 2. The maximum Gasteiger partial charge on any atom is 0.335 e. The first kappa shape index (κ1) is 32.9. The summed E-state index contributed by atoms with van der Waals surface area (Å²) in [7, 11) is -0.446. The van der Waals surface area contributed by atoms with E-state index in [1.807, 2.05) is 0 Å². The van der Waals surface area contributed by atoms with E-state index in [9.17, 15) is 9.59 Å². The van der Waals surface area contributed by atoms with E-state index in [1.54, 1.807) is 24.3 Å². The van der Waals surface area contributed by atoms with E-state index in [0.29, 0.717) is 10.0 Å². The predicted octanol–water partition coefficient (Wildman–Crippen LogP) is 7.52. The summed E-state index contributed by atoms with van der Waals surface area (Å²) in [5.41, 5.74) is 0.508. The van der Waals surface area contributed by atoms with Gasteiger partial charge in [-0.05, 0) is 72.4 Å². The van der Waals surface area contributed by atoms with Gasteiger partial charge in [0.2, 0.25) is 0 Å². The van der Waals surface area contributed by atoms with Gasteiger partial charge in [-0.15, -0.1) is 0 Å². The number of aromatic carboxylic acids is 2. The van der Waals surface area contributed by atoms with Gasteiger partial charge in [-0.25, -0.2) is 9.59 Å². The van der Waals surface area contributed by atoms with Crippen molar-refractivity contribution in [3.8, 4) is 0 Å². The third-order valence-electron chi connectivity index (χ3n) is 5.23. The van der Waals surface area contributed by atoms with Crippen LogP contribution in [0.15, 0.2) is 140 Å². The summed E-state index contributed by atoms with van der Waals surface area (Å²) < 4.78 is 0. The molecule has 0 amide bonds. The molecule has 40 heavy (non-hydrogen) atoms. The van der Waals surface area contributed by atoms with Crippen molar-refractivity contribution >= 4 is 59.0 Å². The number of rotatable bonds is 5. The molecule has 0 spiro atoms. The fraction of sp³-hybridized carbons (Fsp3) is 0. The van der Waals surface area contributed by atoms with Crippen molar-refractivity contribution in [1.29, 1.82) is 0 Å². The summed E-state index contributed by atoms with van der Waals surface area (Å²) >= 11 is 11.0. The van der Waals surface area contributed by atoms with Crippen LogP contribution in [0.1, 0.15) is 20.7 Å². The van der Waals surface area contributed by atoms with Crippen molar-refractivity contribution in [2.45, 2.75) is 0 Å². The van der Waals surface area contributed by atoms with Gasteiger partial charge >= 0.3 is 11.9 Å². The molecule has 0 bridgehead atoms. The number of hydrogen-bond acceptors (Lipinski definition) is 2. The van der Waals surface area contributed by atoms with Crippen molar-refractivity contribution in [3.63, 3.8) is 0 Å². The van der Waals surface area contributed by atoms with Gasteiger partial charge < -0.3 is 10.2 Å². The van der Waals surface area contributed by atoms with E-state index in [-0.39, 0.29) is 30.6 Å². The fourth-order valence-corrected chi connectivity index (χ4v) is 5.92. The number of benzene rings is 5. The zero-order valence-electron chi connectivity index (χ0n) is 21.0. The average molecular weight is 678 g/mol. The molecule has 0 aromatic heterocycles. The maximum atomic E-state index is 10.3. The second kappa shape index (κ2) is 17.4. The maximum absolute atomic E-state index is 10.3. The van der Waals surface area contributed by atoms with Crippen molar-refractivity contribution in [2.75, 3.05) is 0 Å². The minimum Gasteiger partial charge on any atom is -0.478 e. The molecule has 0 atom stereocenters. The second-order valence-electron chi connectivity index (χ2n) is 7.97. The zero-order chi connectivity index (χ0) is 28.0. The molecule has 2 N–H and O–H groups in total. The van der Waals surface area contributed by atoms with Gasteiger partial charge in [-0.3, -0.25) is 0 Å². The van der Waals surface area contributed by atoms with Crippen LogP contribution in [-0.2, 0) is 19.5 Å². The summed E-state index contributed by atoms with van der Waals surface area (Å²) in [6.45, 7) is 0. The summed E-state index contributed by atoms with van der Waals surface area (Å²) in [6, 6.07) is 44.4. The molecule has 5 aromatic carbocycles. The molecule has 5 aromatic rings. The van der Waals surface area contributed by atoms with Gasteiger partial charge in [0.25, 0.3) is 0 Å². The Morgan fingerprint density at radius 3 is 0.925 bits per heavy atom. The van der Waals surface area contributed by atoms with Crippen molar-refractivity contribution in [3.05, 3.63) is 161 Å². The Labute approximate surface area is 257 Å². The SMILES string of the molecule is O=C(O)c1ccc(Cl)cc1.O=C(O)c1ccc(Cl)cc1.[Rh].c1ccc(P(c2ccccc2)c2ccccc2)cc1. The third kappa shape index (κ3) is 10.7. The Morgan fingerprint density at radius 2 is 0.700 bits per heavy atom. The zero-order valence-corrected chi connectivity index (χ0v) is 25.1. The Morgan fingerprint density at radius 1 is 0.450 bits per heavy atom. The van der Waals surface area contributed by atoms with Crippen LogP contribution in [0.2, 0.25) is 10.0 Å². The molecule has 8 heteroatoms. The van der Waals surface area contributed by atoms with E-state index in [2.05, 4.69) is 91.0 Å². The second-order valence-corrected chi connectivity index (χ2v) is 11.1. The van der Waals surface area contributed by atoms with Gasteiger partial charge in [0.05, 0.1) is 11.1 Å². The molecule has 4 nitrogen and oxygen atoms in total. The minimum atomic E-state index is -0.934. The van der Waals surface area contributed by atoms with Crippen LogP contribution in [0.4, 0.5) is 0 Å². The van der Waals surface area contributed by atoms with Crippen LogP contribution in [0, 0.1) is 0 Å².